The van der Waals surface area contributed by atoms with Crippen LogP contribution in [0.2, 0.25) is 0 Å². The summed E-state index contributed by atoms with van der Waals surface area (Å²) in [5.74, 6) is 0.884. The van der Waals surface area contributed by atoms with Crippen LogP contribution in [0.4, 0.5) is 0 Å². The standard InChI is InChI=1S/C16H26BrNO/c1-5-7-14(8-6-2)18-12(3)13-9-10-16(19-4)15(17)11-13/h9-12,14,18H,5-8H2,1-4H3. The first kappa shape index (κ1) is 16.5. The fourth-order valence-corrected chi connectivity index (χ4v) is 2.97. The molecule has 108 valence electrons. The molecule has 0 amide bonds. The molecule has 0 aromatic heterocycles. The average Bonchev–Trinajstić information content (AvgIpc) is 2.39. The number of hydrogen-bond acceptors (Lipinski definition) is 2. The molecular weight excluding hydrogens is 302 g/mol. The van der Waals surface area contributed by atoms with E-state index in [1.54, 1.807) is 7.11 Å². The molecule has 0 bridgehead atoms. The quantitative estimate of drug-likeness (QED) is 0.719. The van der Waals surface area contributed by atoms with Gasteiger partial charge in [-0.3, -0.25) is 0 Å². The lowest BCUT2D eigenvalue weighted by Gasteiger charge is -2.23. The van der Waals surface area contributed by atoms with Crippen LogP contribution in [-0.2, 0) is 0 Å². The van der Waals surface area contributed by atoms with Gasteiger partial charge >= 0.3 is 0 Å². The van der Waals surface area contributed by atoms with Crippen LogP contribution in [0.3, 0.4) is 0 Å². The Balaban J connectivity index is 2.70. The second kappa shape index (κ2) is 8.60. The van der Waals surface area contributed by atoms with E-state index >= 15 is 0 Å². The van der Waals surface area contributed by atoms with E-state index < -0.39 is 0 Å². The smallest absolute Gasteiger partial charge is 0.133 e. The largest absolute Gasteiger partial charge is 0.496 e. The molecule has 0 saturated carbocycles. The Morgan fingerprint density at radius 1 is 1.21 bits per heavy atom. The fraction of sp³-hybridized carbons (Fsp3) is 0.625. The summed E-state index contributed by atoms with van der Waals surface area (Å²) in [6, 6.07) is 7.28. The van der Waals surface area contributed by atoms with Crippen LogP contribution < -0.4 is 10.1 Å². The Hall–Kier alpha value is -0.540. The third-order valence-corrected chi connectivity index (χ3v) is 4.06. The van der Waals surface area contributed by atoms with Crippen LogP contribution in [0.1, 0.15) is 58.1 Å². The van der Waals surface area contributed by atoms with Crippen molar-refractivity contribution in [3.63, 3.8) is 0 Å². The number of ether oxygens (including phenoxy) is 1. The lowest BCUT2D eigenvalue weighted by molar-refractivity contribution is 0.400. The second-order valence-electron chi connectivity index (χ2n) is 5.06. The van der Waals surface area contributed by atoms with E-state index in [-0.39, 0.29) is 0 Å². The van der Waals surface area contributed by atoms with Crippen molar-refractivity contribution in [1.29, 1.82) is 0 Å². The maximum absolute atomic E-state index is 5.27. The minimum absolute atomic E-state index is 0.366. The number of benzene rings is 1. The van der Waals surface area contributed by atoms with E-state index in [0.717, 1.165) is 10.2 Å². The van der Waals surface area contributed by atoms with E-state index in [4.69, 9.17) is 4.74 Å². The number of methoxy groups -OCH3 is 1. The monoisotopic (exact) mass is 327 g/mol. The first-order chi connectivity index (χ1) is 9.12. The molecule has 1 aromatic carbocycles. The molecule has 2 nitrogen and oxygen atoms in total. The molecule has 1 N–H and O–H groups in total. The number of nitrogens with one attached hydrogen (secondary N) is 1. The summed E-state index contributed by atoms with van der Waals surface area (Å²) < 4.78 is 6.29. The van der Waals surface area contributed by atoms with Gasteiger partial charge in [-0.15, -0.1) is 0 Å². The van der Waals surface area contributed by atoms with Gasteiger partial charge in [-0.2, -0.15) is 0 Å². The summed E-state index contributed by atoms with van der Waals surface area (Å²) >= 11 is 3.55. The minimum atomic E-state index is 0.366. The van der Waals surface area contributed by atoms with Gasteiger partial charge in [0.1, 0.15) is 5.75 Å². The van der Waals surface area contributed by atoms with Gasteiger partial charge in [-0.25, -0.2) is 0 Å². The topological polar surface area (TPSA) is 21.3 Å². The van der Waals surface area contributed by atoms with Crippen molar-refractivity contribution < 1.29 is 4.74 Å². The molecule has 0 heterocycles. The van der Waals surface area contributed by atoms with E-state index in [1.807, 2.05) is 6.07 Å². The molecule has 0 aliphatic carbocycles. The molecule has 3 heteroatoms. The van der Waals surface area contributed by atoms with Crippen molar-refractivity contribution in [1.82, 2.24) is 5.32 Å². The van der Waals surface area contributed by atoms with Crippen molar-refractivity contribution in [3.8, 4) is 5.75 Å². The Kier molecular flexibility index (Phi) is 7.47. The maximum Gasteiger partial charge on any atom is 0.133 e. The summed E-state index contributed by atoms with van der Waals surface area (Å²) in [7, 11) is 1.69. The SMILES string of the molecule is CCCC(CCC)NC(C)c1ccc(OC)c(Br)c1. The Bertz CT molecular complexity index is 375. The molecule has 0 aliphatic heterocycles. The molecule has 1 unspecified atom stereocenters. The van der Waals surface area contributed by atoms with E-state index in [9.17, 15) is 0 Å². The average molecular weight is 328 g/mol. The van der Waals surface area contributed by atoms with Crippen LogP contribution in [0, 0.1) is 0 Å². The normalized spacial score (nSPS) is 12.7. The first-order valence-corrected chi connectivity index (χ1v) is 8.01. The fourth-order valence-electron chi connectivity index (χ4n) is 2.41. The molecule has 0 radical (unpaired) electrons. The predicted molar refractivity (Wildman–Crippen MR) is 85.8 cm³/mol. The second-order valence-corrected chi connectivity index (χ2v) is 5.91. The summed E-state index contributed by atoms with van der Waals surface area (Å²) in [5.41, 5.74) is 1.30. The molecule has 0 spiro atoms. The molecule has 0 saturated heterocycles. The van der Waals surface area contributed by atoms with Gasteiger partial charge in [0.05, 0.1) is 11.6 Å². The van der Waals surface area contributed by atoms with Gasteiger partial charge in [-0.1, -0.05) is 32.8 Å². The Morgan fingerprint density at radius 3 is 2.32 bits per heavy atom. The van der Waals surface area contributed by atoms with Gasteiger partial charge in [0.25, 0.3) is 0 Å². The van der Waals surface area contributed by atoms with Crippen LogP contribution >= 0.6 is 15.9 Å². The third kappa shape index (κ3) is 5.15. The van der Waals surface area contributed by atoms with Crippen LogP contribution in [-0.4, -0.2) is 13.2 Å². The predicted octanol–water partition coefficient (Wildman–Crippen LogP) is 5.08. The van der Waals surface area contributed by atoms with Gasteiger partial charge in [0.2, 0.25) is 0 Å². The number of hydrogen-bond donors (Lipinski definition) is 1. The van der Waals surface area contributed by atoms with Crippen molar-refractivity contribution >= 4 is 15.9 Å². The van der Waals surface area contributed by atoms with Crippen LogP contribution in [0.5, 0.6) is 5.75 Å². The summed E-state index contributed by atoms with van der Waals surface area (Å²) in [4.78, 5) is 0. The highest BCUT2D eigenvalue weighted by atomic mass is 79.9. The zero-order valence-electron chi connectivity index (χ0n) is 12.5. The van der Waals surface area contributed by atoms with Crippen molar-refractivity contribution in [3.05, 3.63) is 28.2 Å². The van der Waals surface area contributed by atoms with Crippen LogP contribution in [0.25, 0.3) is 0 Å². The minimum Gasteiger partial charge on any atom is -0.496 e. The summed E-state index contributed by atoms with van der Waals surface area (Å²) in [6.07, 6.45) is 4.96. The first-order valence-electron chi connectivity index (χ1n) is 7.21. The Labute approximate surface area is 126 Å². The molecule has 0 aliphatic rings. The van der Waals surface area contributed by atoms with Gasteiger partial charge in [0.15, 0.2) is 0 Å². The van der Waals surface area contributed by atoms with Crippen LogP contribution in [0.15, 0.2) is 22.7 Å². The Morgan fingerprint density at radius 2 is 1.84 bits per heavy atom. The maximum atomic E-state index is 5.27. The lowest BCUT2D eigenvalue weighted by atomic mass is 10.0. The molecule has 19 heavy (non-hydrogen) atoms. The van der Waals surface area contributed by atoms with E-state index in [2.05, 4.69) is 54.2 Å². The highest BCUT2D eigenvalue weighted by Crippen LogP contribution is 2.28. The summed E-state index contributed by atoms with van der Waals surface area (Å²) in [5, 5.41) is 3.74. The molecular formula is C16H26BrNO. The van der Waals surface area contributed by atoms with Gasteiger partial charge < -0.3 is 10.1 Å². The summed E-state index contributed by atoms with van der Waals surface area (Å²) in [6.45, 7) is 6.73. The highest BCUT2D eigenvalue weighted by molar-refractivity contribution is 9.10. The number of rotatable bonds is 8. The van der Waals surface area contributed by atoms with Crippen molar-refractivity contribution in [2.24, 2.45) is 0 Å². The zero-order chi connectivity index (χ0) is 14.3. The molecule has 0 fully saturated rings. The van der Waals surface area contributed by atoms with Crippen molar-refractivity contribution in [2.75, 3.05) is 7.11 Å². The highest BCUT2D eigenvalue weighted by Gasteiger charge is 2.13. The molecule has 1 atom stereocenters. The lowest BCUT2D eigenvalue weighted by Crippen LogP contribution is -2.31. The number of halogens is 1. The van der Waals surface area contributed by atoms with Gasteiger partial charge in [0, 0.05) is 12.1 Å². The van der Waals surface area contributed by atoms with Gasteiger partial charge in [-0.05, 0) is 53.4 Å². The van der Waals surface area contributed by atoms with Crippen molar-refractivity contribution in [2.45, 2.75) is 58.5 Å². The zero-order valence-corrected chi connectivity index (χ0v) is 14.1. The third-order valence-electron chi connectivity index (χ3n) is 3.44. The molecule has 1 aromatic rings. The molecule has 1 rings (SSSR count). The van der Waals surface area contributed by atoms with E-state index in [0.29, 0.717) is 12.1 Å². The van der Waals surface area contributed by atoms with E-state index in [1.165, 1.54) is 31.2 Å².